The predicted octanol–water partition coefficient (Wildman–Crippen LogP) is 6.66. The highest BCUT2D eigenvalue weighted by Gasteiger charge is 2.25. The Morgan fingerprint density at radius 1 is 1.04 bits per heavy atom. The molecule has 2 nitrogen and oxygen atoms in total. The Kier molecular flexibility index (Phi) is 4.99. The molecule has 0 fully saturated rings. The first-order valence-electron chi connectivity index (χ1n) is 9.74. The Morgan fingerprint density at radius 2 is 1.75 bits per heavy atom. The minimum Gasteiger partial charge on any atom is -0.492 e. The minimum absolute atomic E-state index is 0.491. The highest BCUT2D eigenvalue weighted by atomic mass is 35.5. The third-order valence-electron chi connectivity index (χ3n) is 5.61. The highest BCUT2D eigenvalue weighted by Crippen LogP contribution is 2.46. The van der Waals surface area contributed by atoms with E-state index in [0.717, 1.165) is 35.8 Å². The maximum atomic E-state index is 11.9. The van der Waals surface area contributed by atoms with Gasteiger partial charge in [0.15, 0.2) is 6.29 Å². The summed E-state index contributed by atoms with van der Waals surface area (Å²) >= 11 is 6.52. The van der Waals surface area contributed by atoms with Crippen molar-refractivity contribution in [3.63, 3.8) is 0 Å². The standard InChI is InChI=1S/C25H23ClO2/c1-4-16-10-19-18-9-7-6-8-17(18)12-21(19)20(11-16)22-13-24(26)15(3)23(14-27)25(22)28-5-2/h6-11,13-14H,4-5,12H2,1-3H3. The van der Waals surface area contributed by atoms with Crippen molar-refractivity contribution in [3.05, 3.63) is 75.3 Å². The van der Waals surface area contributed by atoms with Gasteiger partial charge in [0.1, 0.15) is 5.75 Å². The lowest BCUT2D eigenvalue weighted by atomic mass is 9.90. The van der Waals surface area contributed by atoms with Crippen LogP contribution in [-0.4, -0.2) is 12.9 Å². The van der Waals surface area contributed by atoms with Gasteiger partial charge in [-0.15, -0.1) is 0 Å². The number of hydrogen-bond acceptors (Lipinski definition) is 2. The molecule has 1 aliphatic rings. The monoisotopic (exact) mass is 390 g/mol. The van der Waals surface area contributed by atoms with Crippen LogP contribution >= 0.6 is 11.6 Å². The predicted molar refractivity (Wildman–Crippen MR) is 116 cm³/mol. The topological polar surface area (TPSA) is 26.3 Å². The Labute approximate surface area is 171 Å². The van der Waals surface area contributed by atoms with Crippen molar-refractivity contribution < 1.29 is 9.53 Å². The summed E-state index contributed by atoms with van der Waals surface area (Å²) < 4.78 is 5.97. The number of benzene rings is 3. The van der Waals surface area contributed by atoms with Crippen molar-refractivity contribution in [2.75, 3.05) is 6.61 Å². The first-order valence-corrected chi connectivity index (χ1v) is 10.1. The summed E-state index contributed by atoms with van der Waals surface area (Å²) in [7, 11) is 0. The fourth-order valence-electron chi connectivity index (χ4n) is 4.12. The molecule has 0 spiro atoms. The van der Waals surface area contributed by atoms with E-state index in [4.69, 9.17) is 16.3 Å². The molecule has 3 aromatic carbocycles. The van der Waals surface area contributed by atoms with E-state index >= 15 is 0 Å². The summed E-state index contributed by atoms with van der Waals surface area (Å²) in [6, 6.07) is 15.0. The van der Waals surface area contributed by atoms with Gasteiger partial charge in [0.05, 0.1) is 12.2 Å². The third kappa shape index (κ3) is 2.93. The average molecular weight is 391 g/mol. The van der Waals surface area contributed by atoms with Gasteiger partial charge in [-0.2, -0.15) is 0 Å². The van der Waals surface area contributed by atoms with Crippen LogP contribution < -0.4 is 4.74 Å². The Morgan fingerprint density at radius 3 is 2.43 bits per heavy atom. The summed E-state index contributed by atoms with van der Waals surface area (Å²) in [6.07, 6.45) is 2.67. The fraction of sp³-hybridized carbons (Fsp3) is 0.240. The van der Waals surface area contributed by atoms with E-state index in [-0.39, 0.29) is 0 Å². The van der Waals surface area contributed by atoms with Gasteiger partial charge >= 0.3 is 0 Å². The normalized spacial score (nSPS) is 11.9. The van der Waals surface area contributed by atoms with Crippen LogP contribution in [-0.2, 0) is 12.8 Å². The Balaban J connectivity index is 2.04. The minimum atomic E-state index is 0.491. The fourth-order valence-corrected chi connectivity index (χ4v) is 4.33. The second kappa shape index (κ2) is 7.44. The molecule has 0 aromatic heterocycles. The molecular weight excluding hydrogens is 368 g/mol. The van der Waals surface area contributed by atoms with E-state index in [9.17, 15) is 4.79 Å². The van der Waals surface area contributed by atoms with Gasteiger partial charge in [-0.05, 0) is 71.7 Å². The molecule has 142 valence electrons. The number of halogens is 1. The third-order valence-corrected chi connectivity index (χ3v) is 6.00. The number of ether oxygens (including phenoxy) is 1. The van der Waals surface area contributed by atoms with Crippen molar-refractivity contribution in [1.29, 1.82) is 0 Å². The first kappa shape index (κ1) is 18.8. The molecule has 0 atom stereocenters. The van der Waals surface area contributed by atoms with Gasteiger partial charge in [-0.3, -0.25) is 4.79 Å². The number of hydrogen-bond donors (Lipinski definition) is 0. The zero-order valence-electron chi connectivity index (χ0n) is 16.4. The van der Waals surface area contributed by atoms with Crippen LogP contribution in [0.3, 0.4) is 0 Å². The van der Waals surface area contributed by atoms with Gasteiger partial charge in [0.25, 0.3) is 0 Å². The Hall–Kier alpha value is -2.58. The van der Waals surface area contributed by atoms with E-state index in [0.29, 0.717) is 22.9 Å². The molecule has 0 aliphatic heterocycles. The molecule has 0 radical (unpaired) electrons. The quantitative estimate of drug-likeness (QED) is 0.356. The molecular formula is C25H23ClO2. The zero-order chi connectivity index (χ0) is 19.8. The van der Waals surface area contributed by atoms with Crippen LogP contribution in [0.15, 0.2) is 42.5 Å². The maximum absolute atomic E-state index is 11.9. The van der Waals surface area contributed by atoms with E-state index in [1.807, 2.05) is 19.9 Å². The lowest BCUT2D eigenvalue weighted by Gasteiger charge is -2.19. The lowest BCUT2D eigenvalue weighted by molar-refractivity contribution is 0.111. The molecule has 1 aliphatic carbocycles. The van der Waals surface area contributed by atoms with Crippen LogP contribution in [0, 0.1) is 6.92 Å². The molecule has 28 heavy (non-hydrogen) atoms. The smallest absolute Gasteiger partial charge is 0.154 e. The first-order chi connectivity index (χ1) is 13.6. The van der Waals surface area contributed by atoms with Crippen LogP contribution in [0.25, 0.3) is 22.3 Å². The second-order valence-corrected chi connectivity index (χ2v) is 7.59. The molecule has 3 heteroatoms. The summed E-state index contributed by atoms with van der Waals surface area (Å²) in [5, 5.41) is 0.590. The second-order valence-electron chi connectivity index (χ2n) is 7.18. The van der Waals surface area contributed by atoms with E-state index in [1.54, 1.807) is 0 Å². The van der Waals surface area contributed by atoms with Crippen molar-refractivity contribution in [2.24, 2.45) is 0 Å². The van der Waals surface area contributed by atoms with Crippen LogP contribution in [0.4, 0.5) is 0 Å². The number of aldehydes is 1. The van der Waals surface area contributed by atoms with Gasteiger partial charge in [0.2, 0.25) is 0 Å². The highest BCUT2D eigenvalue weighted by molar-refractivity contribution is 6.32. The molecule has 0 heterocycles. The van der Waals surface area contributed by atoms with Crippen LogP contribution in [0.1, 0.15) is 46.5 Å². The van der Waals surface area contributed by atoms with Crippen LogP contribution in [0.2, 0.25) is 5.02 Å². The molecule has 0 unspecified atom stereocenters. The lowest BCUT2D eigenvalue weighted by Crippen LogP contribution is -2.03. The zero-order valence-corrected chi connectivity index (χ0v) is 17.2. The maximum Gasteiger partial charge on any atom is 0.154 e. The number of aryl methyl sites for hydroxylation is 1. The van der Waals surface area contributed by atoms with Gasteiger partial charge in [-0.25, -0.2) is 0 Å². The van der Waals surface area contributed by atoms with E-state index in [1.165, 1.54) is 27.8 Å². The number of carbonyl (C=O) groups excluding carboxylic acids is 1. The molecule has 0 bridgehead atoms. The molecule has 0 N–H and O–H groups in total. The molecule has 3 aromatic rings. The molecule has 0 saturated carbocycles. The van der Waals surface area contributed by atoms with E-state index < -0.39 is 0 Å². The SMILES string of the molecule is CCOc1c(-c2cc(CC)cc3c2Cc2ccccc2-3)cc(Cl)c(C)c1C=O. The van der Waals surface area contributed by atoms with E-state index in [2.05, 4.69) is 43.3 Å². The van der Waals surface area contributed by atoms with Crippen molar-refractivity contribution in [2.45, 2.75) is 33.6 Å². The number of rotatable bonds is 5. The molecule has 4 rings (SSSR count). The van der Waals surface area contributed by atoms with Crippen molar-refractivity contribution in [1.82, 2.24) is 0 Å². The number of carbonyl (C=O) groups is 1. The summed E-state index contributed by atoms with van der Waals surface area (Å²) in [5.74, 6) is 0.630. The summed E-state index contributed by atoms with van der Waals surface area (Å²) in [4.78, 5) is 11.9. The van der Waals surface area contributed by atoms with Gasteiger partial charge in [0, 0.05) is 10.6 Å². The number of fused-ring (bicyclic) bond motifs is 3. The van der Waals surface area contributed by atoms with Gasteiger partial charge < -0.3 is 4.74 Å². The largest absolute Gasteiger partial charge is 0.492 e. The molecule has 0 amide bonds. The molecule has 0 saturated heterocycles. The average Bonchev–Trinajstić information content (AvgIpc) is 3.09. The van der Waals surface area contributed by atoms with Gasteiger partial charge in [-0.1, -0.05) is 54.9 Å². The summed E-state index contributed by atoms with van der Waals surface area (Å²) in [5.41, 5.74) is 9.74. The Bertz CT molecular complexity index is 1080. The summed E-state index contributed by atoms with van der Waals surface area (Å²) in [6.45, 7) is 6.45. The van der Waals surface area contributed by atoms with Crippen molar-refractivity contribution >= 4 is 17.9 Å². The van der Waals surface area contributed by atoms with Crippen molar-refractivity contribution in [3.8, 4) is 28.0 Å². The van der Waals surface area contributed by atoms with Crippen LogP contribution in [0.5, 0.6) is 5.75 Å².